The van der Waals surface area contributed by atoms with E-state index in [1.54, 1.807) is 6.92 Å². The number of ether oxygens (including phenoxy) is 1. The fourth-order valence-corrected chi connectivity index (χ4v) is 3.31. The van der Waals surface area contributed by atoms with Gasteiger partial charge >= 0.3 is 5.97 Å². The van der Waals surface area contributed by atoms with Gasteiger partial charge in [0.1, 0.15) is 10.6 Å². The van der Waals surface area contributed by atoms with Crippen molar-refractivity contribution in [3.05, 3.63) is 23.8 Å². The molecule has 0 aliphatic rings. The van der Waals surface area contributed by atoms with Crippen molar-refractivity contribution in [3.8, 4) is 5.75 Å². The first kappa shape index (κ1) is 16.5. The zero-order valence-electron chi connectivity index (χ0n) is 11.7. The summed E-state index contributed by atoms with van der Waals surface area (Å²) in [6.45, 7) is 3.71. The minimum atomic E-state index is -3.82. The fourth-order valence-electron chi connectivity index (χ4n) is 1.84. The molecule has 0 saturated heterocycles. The van der Waals surface area contributed by atoms with Gasteiger partial charge in [-0.05, 0) is 31.5 Å². The number of hydrogen-bond donors (Lipinski definition) is 2. The fraction of sp³-hybridized carbons (Fsp3) is 0.462. The molecule has 0 radical (unpaired) electrons. The van der Waals surface area contributed by atoms with Crippen LogP contribution in [0.1, 0.15) is 37.0 Å². The summed E-state index contributed by atoms with van der Waals surface area (Å²) in [7, 11) is -2.48. The monoisotopic (exact) mass is 301 g/mol. The second-order valence-corrected chi connectivity index (χ2v) is 6.16. The minimum Gasteiger partial charge on any atom is -0.495 e. The average molecular weight is 301 g/mol. The molecule has 1 rings (SSSR count). The topological polar surface area (TPSA) is 92.7 Å². The number of hydrogen-bond acceptors (Lipinski definition) is 4. The van der Waals surface area contributed by atoms with Crippen LogP contribution >= 0.6 is 0 Å². The van der Waals surface area contributed by atoms with Crippen LogP contribution in [0, 0.1) is 0 Å². The molecule has 1 atom stereocenters. The zero-order chi connectivity index (χ0) is 15.3. The maximum absolute atomic E-state index is 12.3. The van der Waals surface area contributed by atoms with Crippen LogP contribution in [0.2, 0.25) is 0 Å². The number of methoxy groups -OCH3 is 1. The van der Waals surface area contributed by atoms with Crippen molar-refractivity contribution in [1.82, 2.24) is 4.72 Å². The van der Waals surface area contributed by atoms with Gasteiger partial charge in [0.25, 0.3) is 0 Å². The summed E-state index contributed by atoms with van der Waals surface area (Å²) in [4.78, 5) is 10.8. The van der Waals surface area contributed by atoms with Crippen LogP contribution in [0.25, 0.3) is 0 Å². The summed E-state index contributed by atoms with van der Waals surface area (Å²) in [5.41, 5.74) is -0.102. The van der Waals surface area contributed by atoms with E-state index in [0.717, 1.165) is 12.5 Å². The predicted molar refractivity (Wildman–Crippen MR) is 74.6 cm³/mol. The number of aromatic carboxylic acids is 1. The van der Waals surface area contributed by atoms with Crippen LogP contribution < -0.4 is 9.46 Å². The maximum atomic E-state index is 12.3. The van der Waals surface area contributed by atoms with Gasteiger partial charge in [0.15, 0.2) is 0 Å². The first-order valence-corrected chi connectivity index (χ1v) is 7.73. The maximum Gasteiger partial charge on any atom is 0.335 e. The van der Waals surface area contributed by atoms with Gasteiger partial charge in [-0.15, -0.1) is 0 Å². The van der Waals surface area contributed by atoms with Crippen LogP contribution in [-0.2, 0) is 10.0 Å². The number of nitrogens with one attached hydrogen (secondary N) is 1. The number of benzene rings is 1. The van der Waals surface area contributed by atoms with E-state index >= 15 is 0 Å². The quantitative estimate of drug-likeness (QED) is 0.802. The van der Waals surface area contributed by atoms with Gasteiger partial charge in [-0.25, -0.2) is 17.9 Å². The molecule has 0 bridgehead atoms. The predicted octanol–water partition coefficient (Wildman–Crippen LogP) is 1.86. The van der Waals surface area contributed by atoms with Crippen LogP contribution in [0.3, 0.4) is 0 Å². The van der Waals surface area contributed by atoms with Crippen LogP contribution in [0.5, 0.6) is 5.75 Å². The molecule has 0 aliphatic carbocycles. The lowest BCUT2D eigenvalue weighted by Crippen LogP contribution is -2.32. The highest BCUT2D eigenvalue weighted by Crippen LogP contribution is 2.25. The smallest absolute Gasteiger partial charge is 0.335 e. The number of rotatable bonds is 7. The Morgan fingerprint density at radius 1 is 1.45 bits per heavy atom. The Balaban J connectivity index is 3.21. The summed E-state index contributed by atoms with van der Waals surface area (Å²) >= 11 is 0. The Kier molecular flexibility index (Phi) is 5.52. The van der Waals surface area contributed by atoms with E-state index in [-0.39, 0.29) is 22.3 Å². The van der Waals surface area contributed by atoms with Crippen molar-refractivity contribution >= 4 is 16.0 Å². The van der Waals surface area contributed by atoms with Crippen LogP contribution in [-0.4, -0.2) is 32.6 Å². The van der Waals surface area contributed by atoms with Crippen molar-refractivity contribution in [3.63, 3.8) is 0 Å². The molecule has 6 nitrogen and oxygen atoms in total. The van der Waals surface area contributed by atoms with E-state index in [0.29, 0.717) is 6.42 Å². The second kappa shape index (κ2) is 6.71. The van der Waals surface area contributed by atoms with Gasteiger partial charge in [0.2, 0.25) is 10.0 Å². The highest BCUT2D eigenvalue weighted by Gasteiger charge is 2.23. The SMILES string of the molecule is CCC[C@H](C)NS(=O)(=O)c1cc(C(=O)O)ccc1OC. The molecule has 2 N–H and O–H groups in total. The molecule has 0 amide bonds. The lowest BCUT2D eigenvalue weighted by atomic mass is 10.2. The summed E-state index contributed by atoms with van der Waals surface area (Å²) < 4.78 is 32.1. The van der Waals surface area contributed by atoms with Crippen molar-refractivity contribution in [1.29, 1.82) is 0 Å². The molecular formula is C13H19NO5S. The van der Waals surface area contributed by atoms with E-state index in [1.165, 1.54) is 19.2 Å². The molecule has 0 spiro atoms. The van der Waals surface area contributed by atoms with Gasteiger partial charge in [-0.2, -0.15) is 0 Å². The Labute approximate surface area is 118 Å². The number of carboxylic acids is 1. The summed E-state index contributed by atoms with van der Waals surface area (Å²) in [5, 5.41) is 8.95. The molecule has 0 aliphatic heterocycles. The van der Waals surface area contributed by atoms with Crippen molar-refractivity contribution < 1.29 is 23.1 Å². The molecule has 0 saturated carbocycles. The number of carbonyl (C=O) groups is 1. The van der Waals surface area contributed by atoms with E-state index in [9.17, 15) is 13.2 Å². The highest BCUT2D eigenvalue weighted by molar-refractivity contribution is 7.89. The lowest BCUT2D eigenvalue weighted by molar-refractivity contribution is 0.0696. The van der Waals surface area contributed by atoms with Crippen LogP contribution in [0.4, 0.5) is 0 Å². The molecule has 7 heteroatoms. The average Bonchev–Trinajstić information content (AvgIpc) is 2.37. The second-order valence-electron chi connectivity index (χ2n) is 4.48. The minimum absolute atomic E-state index is 0.102. The van der Waals surface area contributed by atoms with E-state index < -0.39 is 16.0 Å². The molecule has 0 fully saturated rings. The molecule has 112 valence electrons. The van der Waals surface area contributed by atoms with Gasteiger partial charge in [-0.3, -0.25) is 0 Å². The van der Waals surface area contributed by atoms with E-state index in [2.05, 4.69) is 4.72 Å². The zero-order valence-corrected chi connectivity index (χ0v) is 12.5. The molecule has 0 aromatic heterocycles. The Hall–Kier alpha value is -1.60. The molecule has 1 aromatic rings. The van der Waals surface area contributed by atoms with Crippen molar-refractivity contribution in [2.45, 2.75) is 37.6 Å². The Morgan fingerprint density at radius 2 is 2.10 bits per heavy atom. The number of sulfonamides is 1. The third kappa shape index (κ3) is 3.94. The van der Waals surface area contributed by atoms with Gasteiger partial charge in [0, 0.05) is 6.04 Å². The van der Waals surface area contributed by atoms with Gasteiger partial charge in [0.05, 0.1) is 12.7 Å². The van der Waals surface area contributed by atoms with E-state index in [4.69, 9.17) is 9.84 Å². The normalized spacial score (nSPS) is 12.9. The van der Waals surface area contributed by atoms with Crippen molar-refractivity contribution in [2.75, 3.05) is 7.11 Å². The Morgan fingerprint density at radius 3 is 2.60 bits per heavy atom. The van der Waals surface area contributed by atoms with Gasteiger partial charge in [-0.1, -0.05) is 13.3 Å². The third-order valence-corrected chi connectivity index (χ3v) is 4.39. The molecule has 20 heavy (non-hydrogen) atoms. The molecule has 1 aromatic carbocycles. The summed E-state index contributed by atoms with van der Waals surface area (Å²) in [6.07, 6.45) is 1.54. The summed E-state index contributed by atoms with van der Waals surface area (Å²) in [5.74, 6) is -1.07. The largest absolute Gasteiger partial charge is 0.495 e. The van der Waals surface area contributed by atoms with Gasteiger partial charge < -0.3 is 9.84 Å². The van der Waals surface area contributed by atoms with Crippen LogP contribution in [0.15, 0.2) is 23.1 Å². The standard InChI is InChI=1S/C13H19NO5S/c1-4-5-9(2)14-20(17,18)12-8-10(13(15)16)6-7-11(12)19-3/h6-9,14H,4-5H2,1-3H3,(H,15,16)/t9-/m0/s1. The summed E-state index contributed by atoms with van der Waals surface area (Å²) in [6, 6.07) is 3.50. The molecular weight excluding hydrogens is 282 g/mol. The molecule has 0 unspecified atom stereocenters. The number of carboxylic acid groups (broad SMARTS) is 1. The molecule has 0 heterocycles. The first-order valence-electron chi connectivity index (χ1n) is 6.25. The first-order chi connectivity index (χ1) is 9.31. The van der Waals surface area contributed by atoms with E-state index in [1.807, 2.05) is 6.92 Å². The van der Waals surface area contributed by atoms with Crippen molar-refractivity contribution in [2.24, 2.45) is 0 Å². The Bertz CT molecular complexity index is 582. The third-order valence-electron chi connectivity index (χ3n) is 2.78. The highest BCUT2D eigenvalue weighted by atomic mass is 32.2. The lowest BCUT2D eigenvalue weighted by Gasteiger charge is -2.15.